The topological polar surface area (TPSA) is 76.7 Å². The lowest BCUT2D eigenvalue weighted by Gasteiger charge is -2.10. The second-order valence-corrected chi connectivity index (χ2v) is 5.55. The second kappa shape index (κ2) is 8.94. The van der Waals surface area contributed by atoms with E-state index < -0.39 is 5.97 Å². The standard InChI is InChI=1S/C18H19ClN2O4/c1-24-16-7-6-14(11-15(16)19)21-17(22)8-9-20-13-5-3-4-12(10-13)18(23)25-2/h3-7,10-11,20H,8-9H2,1-2H3,(H,21,22). The minimum absolute atomic E-state index is 0.155. The Kier molecular flexibility index (Phi) is 6.65. The minimum Gasteiger partial charge on any atom is -0.495 e. The third-order valence-corrected chi connectivity index (χ3v) is 3.70. The molecule has 0 spiro atoms. The van der Waals surface area contributed by atoms with Gasteiger partial charge in [-0.1, -0.05) is 17.7 Å². The molecule has 0 fully saturated rings. The van der Waals surface area contributed by atoms with Crippen LogP contribution in [0.25, 0.3) is 0 Å². The van der Waals surface area contributed by atoms with E-state index in [0.29, 0.717) is 28.6 Å². The quantitative estimate of drug-likeness (QED) is 0.736. The number of nitrogens with one attached hydrogen (secondary N) is 2. The number of rotatable bonds is 7. The van der Waals surface area contributed by atoms with Gasteiger partial charge in [-0.3, -0.25) is 4.79 Å². The van der Waals surface area contributed by atoms with Crippen molar-refractivity contribution in [1.82, 2.24) is 0 Å². The largest absolute Gasteiger partial charge is 0.495 e. The summed E-state index contributed by atoms with van der Waals surface area (Å²) in [4.78, 5) is 23.5. The number of esters is 1. The molecule has 0 aromatic heterocycles. The van der Waals surface area contributed by atoms with Crippen molar-refractivity contribution in [1.29, 1.82) is 0 Å². The maximum absolute atomic E-state index is 12.0. The van der Waals surface area contributed by atoms with E-state index in [4.69, 9.17) is 16.3 Å². The lowest BCUT2D eigenvalue weighted by Crippen LogP contribution is -2.16. The highest BCUT2D eigenvalue weighted by molar-refractivity contribution is 6.32. The monoisotopic (exact) mass is 362 g/mol. The molecule has 0 bridgehead atoms. The fourth-order valence-electron chi connectivity index (χ4n) is 2.16. The van der Waals surface area contributed by atoms with E-state index in [9.17, 15) is 9.59 Å². The van der Waals surface area contributed by atoms with Crippen LogP contribution in [0.15, 0.2) is 42.5 Å². The molecule has 0 aliphatic carbocycles. The van der Waals surface area contributed by atoms with E-state index >= 15 is 0 Å². The summed E-state index contributed by atoms with van der Waals surface area (Å²) in [6.07, 6.45) is 0.256. The summed E-state index contributed by atoms with van der Waals surface area (Å²) in [6, 6.07) is 11.9. The smallest absolute Gasteiger partial charge is 0.337 e. The molecule has 132 valence electrons. The van der Waals surface area contributed by atoms with Gasteiger partial charge in [0.25, 0.3) is 0 Å². The Morgan fingerprint density at radius 1 is 1.08 bits per heavy atom. The first-order valence-corrected chi connectivity index (χ1v) is 7.97. The summed E-state index contributed by atoms with van der Waals surface area (Å²) in [5.74, 6) is -0.0116. The highest BCUT2D eigenvalue weighted by atomic mass is 35.5. The summed E-state index contributed by atoms with van der Waals surface area (Å²) < 4.78 is 9.74. The highest BCUT2D eigenvalue weighted by Crippen LogP contribution is 2.27. The number of carbonyl (C=O) groups excluding carboxylic acids is 2. The first-order chi connectivity index (χ1) is 12.0. The van der Waals surface area contributed by atoms with Crippen molar-refractivity contribution in [2.75, 3.05) is 31.4 Å². The molecule has 1 amide bonds. The summed E-state index contributed by atoms with van der Waals surface area (Å²) in [5, 5.41) is 6.29. The number of methoxy groups -OCH3 is 2. The molecular weight excluding hydrogens is 344 g/mol. The third kappa shape index (κ3) is 5.39. The maximum atomic E-state index is 12.0. The number of hydrogen-bond donors (Lipinski definition) is 2. The van der Waals surface area contributed by atoms with Crippen LogP contribution in [-0.2, 0) is 9.53 Å². The summed E-state index contributed by atoms with van der Waals surface area (Å²) in [5.41, 5.74) is 1.79. The molecule has 2 rings (SSSR count). The second-order valence-electron chi connectivity index (χ2n) is 5.15. The van der Waals surface area contributed by atoms with Gasteiger partial charge >= 0.3 is 5.97 Å². The molecule has 0 unspecified atom stereocenters. The maximum Gasteiger partial charge on any atom is 0.337 e. The van der Waals surface area contributed by atoms with Gasteiger partial charge in [-0.25, -0.2) is 4.79 Å². The molecule has 0 radical (unpaired) electrons. The molecule has 25 heavy (non-hydrogen) atoms. The van der Waals surface area contributed by atoms with Crippen LogP contribution >= 0.6 is 11.6 Å². The predicted molar refractivity (Wildman–Crippen MR) is 97.5 cm³/mol. The summed E-state index contributed by atoms with van der Waals surface area (Å²) >= 11 is 6.02. The number of hydrogen-bond acceptors (Lipinski definition) is 5. The first kappa shape index (κ1) is 18.6. The van der Waals surface area contributed by atoms with Crippen molar-refractivity contribution in [2.45, 2.75) is 6.42 Å². The van der Waals surface area contributed by atoms with Gasteiger partial charge in [0, 0.05) is 24.3 Å². The number of halogens is 1. The van der Waals surface area contributed by atoms with E-state index in [0.717, 1.165) is 5.69 Å². The molecule has 6 nitrogen and oxygen atoms in total. The number of anilines is 2. The Hall–Kier alpha value is -2.73. The van der Waals surface area contributed by atoms with Crippen LogP contribution in [0, 0.1) is 0 Å². The molecular formula is C18H19ClN2O4. The number of benzene rings is 2. The molecule has 0 heterocycles. The number of amides is 1. The van der Waals surface area contributed by atoms with Crippen molar-refractivity contribution >= 4 is 34.9 Å². The average Bonchev–Trinajstić information content (AvgIpc) is 2.61. The van der Waals surface area contributed by atoms with Crippen molar-refractivity contribution in [3.63, 3.8) is 0 Å². The van der Waals surface area contributed by atoms with Gasteiger partial charge in [-0.2, -0.15) is 0 Å². The van der Waals surface area contributed by atoms with Gasteiger partial charge in [0.15, 0.2) is 0 Å². The number of ether oxygens (including phenoxy) is 2. The Bertz CT molecular complexity index is 764. The lowest BCUT2D eigenvalue weighted by molar-refractivity contribution is -0.115. The lowest BCUT2D eigenvalue weighted by atomic mass is 10.2. The van der Waals surface area contributed by atoms with Gasteiger partial charge in [-0.15, -0.1) is 0 Å². The molecule has 0 atom stereocenters. The zero-order valence-corrected chi connectivity index (χ0v) is 14.7. The van der Waals surface area contributed by atoms with Gasteiger partial charge in [-0.05, 0) is 36.4 Å². The van der Waals surface area contributed by atoms with Crippen molar-refractivity contribution in [3.05, 3.63) is 53.1 Å². The molecule has 2 aromatic rings. The van der Waals surface area contributed by atoms with Crippen LogP contribution in [0.1, 0.15) is 16.8 Å². The van der Waals surface area contributed by atoms with Gasteiger partial charge in [0.1, 0.15) is 5.75 Å². The molecule has 0 saturated carbocycles. The molecule has 2 aromatic carbocycles. The van der Waals surface area contributed by atoms with Crippen LogP contribution in [-0.4, -0.2) is 32.6 Å². The van der Waals surface area contributed by atoms with Gasteiger partial charge < -0.3 is 20.1 Å². The molecule has 0 aliphatic rings. The predicted octanol–water partition coefficient (Wildman–Crippen LogP) is 3.58. The zero-order chi connectivity index (χ0) is 18.2. The molecule has 7 heteroatoms. The van der Waals surface area contributed by atoms with Crippen molar-refractivity contribution in [2.24, 2.45) is 0 Å². The van der Waals surface area contributed by atoms with Crippen LogP contribution < -0.4 is 15.4 Å². The minimum atomic E-state index is -0.405. The Labute approximate surface area is 151 Å². The van der Waals surface area contributed by atoms with Gasteiger partial charge in [0.05, 0.1) is 24.8 Å². The van der Waals surface area contributed by atoms with Crippen LogP contribution in [0.2, 0.25) is 5.02 Å². The average molecular weight is 363 g/mol. The normalized spacial score (nSPS) is 10.0. The fourth-order valence-corrected chi connectivity index (χ4v) is 2.42. The Morgan fingerprint density at radius 3 is 2.56 bits per heavy atom. The molecule has 0 saturated heterocycles. The third-order valence-electron chi connectivity index (χ3n) is 3.40. The summed E-state index contributed by atoms with van der Waals surface area (Å²) in [6.45, 7) is 0.417. The van der Waals surface area contributed by atoms with Gasteiger partial charge in [0.2, 0.25) is 5.91 Å². The van der Waals surface area contributed by atoms with E-state index in [1.165, 1.54) is 14.2 Å². The number of carbonyl (C=O) groups is 2. The highest BCUT2D eigenvalue weighted by Gasteiger charge is 2.07. The van der Waals surface area contributed by atoms with Crippen LogP contribution in [0.3, 0.4) is 0 Å². The SMILES string of the molecule is COC(=O)c1cccc(NCCC(=O)Nc2ccc(OC)c(Cl)c2)c1. The van der Waals surface area contributed by atoms with E-state index in [1.54, 1.807) is 36.4 Å². The van der Waals surface area contributed by atoms with Crippen LogP contribution in [0.5, 0.6) is 5.75 Å². The molecule has 2 N–H and O–H groups in total. The van der Waals surface area contributed by atoms with Crippen molar-refractivity contribution in [3.8, 4) is 5.75 Å². The Balaban J connectivity index is 1.84. The van der Waals surface area contributed by atoms with Crippen molar-refractivity contribution < 1.29 is 19.1 Å². The summed E-state index contributed by atoms with van der Waals surface area (Å²) in [7, 11) is 2.86. The fraction of sp³-hybridized carbons (Fsp3) is 0.222. The first-order valence-electron chi connectivity index (χ1n) is 7.59. The van der Waals surface area contributed by atoms with Crippen LogP contribution in [0.4, 0.5) is 11.4 Å². The van der Waals surface area contributed by atoms with E-state index in [1.807, 2.05) is 6.07 Å². The van der Waals surface area contributed by atoms with E-state index in [2.05, 4.69) is 15.4 Å². The molecule has 0 aliphatic heterocycles. The zero-order valence-electron chi connectivity index (χ0n) is 14.0. The van der Waals surface area contributed by atoms with E-state index in [-0.39, 0.29) is 12.3 Å². The Morgan fingerprint density at radius 2 is 1.88 bits per heavy atom.